The Hall–Kier alpha value is -1.84. The first-order chi connectivity index (χ1) is 8.08. The Bertz CT molecular complexity index is 404. The van der Waals surface area contributed by atoms with Crippen molar-refractivity contribution in [1.29, 1.82) is 0 Å². The van der Waals surface area contributed by atoms with E-state index in [0.717, 1.165) is 11.4 Å². The van der Waals surface area contributed by atoms with E-state index in [2.05, 4.69) is 15.3 Å². The maximum absolute atomic E-state index is 10.8. The van der Waals surface area contributed by atoms with Gasteiger partial charge in [0.15, 0.2) is 5.78 Å². The summed E-state index contributed by atoms with van der Waals surface area (Å²) in [6.45, 7) is 6.15. The molecule has 1 rings (SSSR count). The van der Waals surface area contributed by atoms with Crippen LogP contribution in [0.15, 0.2) is 35.1 Å². The van der Waals surface area contributed by atoms with Gasteiger partial charge in [-0.25, -0.2) is 0 Å². The number of carbonyl (C=O) groups is 1. The SMILES string of the molecule is CC(=O)/C=C(\C)NCC(C)N=Cc1ccc[nH]1. The standard InChI is InChI=1S/C13H19N3O/c1-10(7-12(3)17)15-8-11(2)16-9-13-5-4-6-14-13/h4-7,9,11,14-15H,8H2,1-3H3/b10-7+,16-9?. The van der Waals surface area contributed by atoms with Crippen molar-refractivity contribution in [2.24, 2.45) is 4.99 Å². The summed E-state index contributed by atoms with van der Waals surface area (Å²) >= 11 is 0. The van der Waals surface area contributed by atoms with Crippen LogP contribution in [0.5, 0.6) is 0 Å². The third-order valence-corrected chi connectivity index (χ3v) is 2.19. The quantitative estimate of drug-likeness (QED) is 0.582. The average molecular weight is 233 g/mol. The second kappa shape index (κ2) is 6.68. The van der Waals surface area contributed by atoms with Crippen LogP contribution >= 0.6 is 0 Å². The van der Waals surface area contributed by atoms with Gasteiger partial charge >= 0.3 is 0 Å². The van der Waals surface area contributed by atoms with E-state index in [0.29, 0.717) is 6.54 Å². The number of aromatic nitrogens is 1. The highest BCUT2D eigenvalue weighted by Gasteiger charge is 1.98. The molecule has 17 heavy (non-hydrogen) atoms. The summed E-state index contributed by atoms with van der Waals surface area (Å²) in [5, 5.41) is 3.16. The van der Waals surface area contributed by atoms with Gasteiger partial charge in [-0.2, -0.15) is 0 Å². The number of ketones is 1. The Balaban J connectivity index is 2.35. The van der Waals surface area contributed by atoms with Crippen LogP contribution in [-0.2, 0) is 4.79 Å². The molecule has 0 aliphatic rings. The third kappa shape index (κ3) is 5.70. The molecule has 2 N–H and O–H groups in total. The molecular formula is C13H19N3O. The normalized spacial score (nSPS) is 13.9. The maximum atomic E-state index is 10.8. The van der Waals surface area contributed by atoms with Crippen molar-refractivity contribution in [3.63, 3.8) is 0 Å². The molecule has 0 aromatic carbocycles. The molecule has 1 aromatic heterocycles. The lowest BCUT2D eigenvalue weighted by molar-refractivity contribution is -0.112. The molecule has 0 spiro atoms. The Morgan fingerprint density at radius 2 is 2.35 bits per heavy atom. The fourth-order valence-corrected chi connectivity index (χ4v) is 1.35. The molecule has 0 saturated carbocycles. The molecule has 0 aliphatic carbocycles. The number of hydrogen-bond acceptors (Lipinski definition) is 3. The first-order valence-corrected chi connectivity index (χ1v) is 5.67. The molecular weight excluding hydrogens is 214 g/mol. The number of nitrogens with zero attached hydrogens (tertiary/aromatic N) is 1. The summed E-state index contributed by atoms with van der Waals surface area (Å²) < 4.78 is 0. The van der Waals surface area contributed by atoms with Crippen LogP contribution in [-0.4, -0.2) is 29.6 Å². The number of H-pyrrole nitrogens is 1. The number of nitrogens with one attached hydrogen (secondary N) is 2. The molecule has 0 saturated heterocycles. The summed E-state index contributed by atoms with van der Waals surface area (Å²) in [5.74, 6) is 0.0533. The van der Waals surface area contributed by atoms with Crippen LogP contribution in [0.2, 0.25) is 0 Å². The van der Waals surface area contributed by atoms with Gasteiger partial charge in [0.2, 0.25) is 0 Å². The number of carbonyl (C=O) groups excluding carboxylic acids is 1. The van der Waals surface area contributed by atoms with E-state index in [1.807, 2.05) is 38.4 Å². The molecule has 1 unspecified atom stereocenters. The van der Waals surface area contributed by atoms with Gasteiger partial charge in [0.25, 0.3) is 0 Å². The van der Waals surface area contributed by atoms with Crippen molar-refractivity contribution in [2.45, 2.75) is 26.8 Å². The molecule has 1 atom stereocenters. The summed E-state index contributed by atoms with van der Waals surface area (Å²) in [5.41, 5.74) is 1.87. The van der Waals surface area contributed by atoms with Gasteiger partial charge in [0.05, 0.1) is 11.7 Å². The molecule has 0 bridgehead atoms. The second-order valence-corrected chi connectivity index (χ2v) is 4.07. The van der Waals surface area contributed by atoms with Crippen LogP contribution in [0.1, 0.15) is 26.5 Å². The second-order valence-electron chi connectivity index (χ2n) is 4.07. The van der Waals surface area contributed by atoms with Gasteiger partial charge in [-0.3, -0.25) is 9.79 Å². The predicted molar refractivity (Wildman–Crippen MR) is 70.3 cm³/mol. The van der Waals surface area contributed by atoms with E-state index in [4.69, 9.17) is 0 Å². The molecule has 0 amide bonds. The highest BCUT2D eigenvalue weighted by Crippen LogP contribution is 1.94. The van der Waals surface area contributed by atoms with E-state index in [1.165, 1.54) is 6.92 Å². The topological polar surface area (TPSA) is 57.2 Å². The molecule has 92 valence electrons. The Kier molecular flexibility index (Phi) is 5.20. The Labute approximate surface area is 102 Å². The fraction of sp³-hybridized carbons (Fsp3) is 0.385. The predicted octanol–water partition coefficient (Wildman–Crippen LogP) is 1.90. The number of hydrogen-bond donors (Lipinski definition) is 2. The summed E-state index contributed by atoms with van der Waals surface area (Å²) in [6, 6.07) is 4.06. The third-order valence-electron chi connectivity index (χ3n) is 2.19. The highest BCUT2D eigenvalue weighted by molar-refractivity contribution is 5.87. The smallest absolute Gasteiger partial charge is 0.154 e. The van der Waals surface area contributed by atoms with Crippen LogP contribution in [0.25, 0.3) is 0 Å². The van der Waals surface area contributed by atoms with Gasteiger partial charge in [0.1, 0.15) is 0 Å². The molecule has 4 heteroatoms. The molecule has 0 aliphatic heterocycles. The number of aliphatic imine (C=N–C) groups is 1. The van der Waals surface area contributed by atoms with Crippen LogP contribution in [0, 0.1) is 0 Å². The highest BCUT2D eigenvalue weighted by atomic mass is 16.1. The summed E-state index contributed by atoms with van der Waals surface area (Å²) in [4.78, 5) is 18.3. The molecule has 0 fully saturated rings. The zero-order chi connectivity index (χ0) is 12.7. The monoisotopic (exact) mass is 233 g/mol. The zero-order valence-corrected chi connectivity index (χ0v) is 10.5. The number of aromatic amines is 1. The van der Waals surface area contributed by atoms with Crippen LogP contribution in [0.4, 0.5) is 0 Å². The van der Waals surface area contributed by atoms with Gasteiger partial charge in [-0.05, 0) is 39.0 Å². The zero-order valence-electron chi connectivity index (χ0n) is 10.5. The maximum Gasteiger partial charge on any atom is 0.154 e. The van der Waals surface area contributed by atoms with Crippen molar-refractivity contribution in [1.82, 2.24) is 10.3 Å². The first-order valence-electron chi connectivity index (χ1n) is 5.67. The lowest BCUT2D eigenvalue weighted by Gasteiger charge is -2.09. The minimum absolute atomic E-state index is 0.0533. The lowest BCUT2D eigenvalue weighted by Crippen LogP contribution is -2.22. The minimum Gasteiger partial charge on any atom is -0.386 e. The van der Waals surface area contributed by atoms with E-state index < -0.39 is 0 Å². The van der Waals surface area contributed by atoms with Crippen molar-refractivity contribution in [3.8, 4) is 0 Å². The molecule has 0 radical (unpaired) electrons. The lowest BCUT2D eigenvalue weighted by atomic mass is 10.3. The van der Waals surface area contributed by atoms with E-state index in [1.54, 1.807) is 6.08 Å². The number of rotatable bonds is 6. The summed E-state index contributed by atoms with van der Waals surface area (Å²) in [7, 11) is 0. The van der Waals surface area contributed by atoms with E-state index in [9.17, 15) is 4.79 Å². The van der Waals surface area contributed by atoms with Gasteiger partial charge in [-0.1, -0.05) is 0 Å². The average Bonchev–Trinajstić information content (AvgIpc) is 2.75. The fourth-order valence-electron chi connectivity index (χ4n) is 1.35. The van der Waals surface area contributed by atoms with Crippen LogP contribution in [0.3, 0.4) is 0 Å². The van der Waals surface area contributed by atoms with Gasteiger partial charge < -0.3 is 10.3 Å². The largest absolute Gasteiger partial charge is 0.386 e. The van der Waals surface area contributed by atoms with Crippen molar-refractivity contribution >= 4 is 12.0 Å². The molecule has 1 heterocycles. The minimum atomic E-state index is 0.0533. The van der Waals surface area contributed by atoms with Crippen molar-refractivity contribution in [2.75, 3.05) is 6.54 Å². The molecule has 1 aromatic rings. The molecule has 4 nitrogen and oxygen atoms in total. The number of allylic oxidation sites excluding steroid dienone is 2. The van der Waals surface area contributed by atoms with E-state index >= 15 is 0 Å². The van der Waals surface area contributed by atoms with Crippen molar-refractivity contribution in [3.05, 3.63) is 35.8 Å². The van der Waals surface area contributed by atoms with E-state index in [-0.39, 0.29) is 11.8 Å². The Morgan fingerprint density at radius 1 is 1.59 bits per heavy atom. The first kappa shape index (κ1) is 13.2. The van der Waals surface area contributed by atoms with Gasteiger partial charge in [-0.15, -0.1) is 0 Å². The van der Waals surface area contributed by atoms with Gasteiger partial charge in [0, 0.05) is 24.7 Å². The Morgan fingerprint density at radius 3 is 2.94 bits per heavy atom. The summed E-state index contributed by atoms with van der Waals surface area (Å²) in [6.07, 6.45) is 5.27. The van der Waals surface area contributed by atoms with Crippen LogP contribution < -0.4 is 5.32 Å². The van der Waals surface area contributed by atoms with Crippen molar-refractivity contribution < 1.29 is 4.79 Å².